The number of H-pyrrole nitrogens is 1. The van der Waals surface area contributed by atoms with Crippen molar-refractivity contribution in [3.05, 3.63) is 48.7 Å². The zero-order valence-electron chi connectivity index (χ0n) is 11.1. The molecule has 1 aromatic carbocycles. The SMILES string of the molecule is Cc1ncc(S(=O)(=O)Nc2ccccc2-n2ccnn2)[nH]1. The van der Waals surface area contributed by atoms with Gasteiger partial charge in [-0.3, -0.25) is 4.72 Å². The van der Waals surface area contributed by atoms with Crippen molar-refractivity contribution in [1.82, 2.24) is 25.0 Å². The summed E-state index contributed by atoms with van der Waals surface area (Å²) in [6, 6.07) is 6.91. The summed E-state index contributed by atoms with van der Waals surface area (Å²) in [7, 11) is -3.74. The highest BCUT2D eigenvalue weighted by atomic mass is 32.2. The summed E-state index contributed by atoms with van der Waals surface area (Å²) < 4.78 is 28.6. The maximum absolute atomic E-state index is 12.3. The third-order valence-electron chi connectivity index (χ3n) is 2.79. The van der Waals surface area contributed by atoms with Crippen LogP contribution >= 0.6 is 0 Å². The van der Waals surface area contributed by atoms with E-state index in [0.717, 1.165) is 0 Å². The average molecular weight is 304 g/mol. The molecule has 0 saturated carbocycles. The van der Waals surface area contributed by atoms with Gasteiger partial charge in [-0.05, 0) is 19.1 Å². The number of benzene rings is 1. The van der Waals surface area contributed by atoms with Gasteiger partial charge >= 0.3 is 0 Å². The van der Waals surface area contributed by atoms with Crippen molar-refractivity contribution in [2.24, 2.45) is 0 Å². The monoisotopic (exact) mass is 304 g/mol. The highest BCUT2D eigenvalue weighted by molar-refractivity contribution is 7.92. The molecule has 2 N–H and O–H groups in total. The largest absolute Gasteiger partial charge is 0.332 e. The Kier molecular flexibility index (Phi) is 3.18. The summed E-state index contributed by atoms with van der Waals surface area (Å²) in [5.41, 5.74) is 0.977. The number of nitrogens with one attached hydrogen (secondary N) is 2. The van der Waals surface area contributed by atoms with Gasteiger partial charge in [-0.25, -0.2) is 9.67 Å². The van der Waals surface area contributed by atoms with Crippen LogP contribution in [0.25, 0.3) is 5.69 Å². The van der Waals surface area contributed by atoms with Crippen molar-refractivity contribution < 1.29 is 8.42 Å². The zero-order chi connectivity index (χ0) is 14.9. The van der Waals surface area contributed by atoms with Gasteiger partial charge in [0.1, 0.15) is 5.82 Å². The average Bonchev–Trinajstić information content (AvgIpc) is 3.10. The van der Waals surface area contributed by atoms with Crippen molar-refractivity contribution in [2.45, 2.75) is 11.9 Å². The summed E-state index contributed by atoms with van der Waals surface area (Å²) in [5.74, 6) is 0.528. The van der Waals surface area contributed by atoms with Gasteiger partial charge in [0.25, 0.3) is 10.0 Å². The highest BCUT2D eigenvalue weighted by Crippen LogP contribution is 2.21. The normalized spacial score (nSPS) is 11.5. The Bertz CT molecular complexity index is 854. The number of imidazole rings is 1. The van der Waals surface area contributed by atoms with Gasteiger partial charge in [0.05, 0.1) is 30.0 Å². The molecule has 0 amide bonds. The maximum Gasteiger partial charge on any atom is 0.279 e. The lowest BCUT2D eigenvalue weighted by Gasteiger charge is -2.11. The summed E-state index contributed by atoms with van der Waals surface area (Å²) in [6.45, 7) is 1.68. The van der Waals surface area contributed by atoms with Gasteiger partial charge in [0, 0.05) is 0 Å². The number of aryl methyl sites for hydroxylation is 1. The Morgan fingerprint density at radius 1 is 1.29 bits per heavy atom. The molecule has 0 unspecified atom stereocenters. The van der Waals surface area contributed by atoms with E-state index in [1.54, 1.807) is 37.4 Å². The Balaban J connectivity index is 1.99. The first-order valence-electron chi connectivity index (χ1n) is 6.06. The molecule has 3 rings (SSSR count). The van der Waals surface area contributed by atoms with Gasteiger partial charge in [0.15, 0.2) is 5.03 Å². The number of hydrogen-bond acceptors (Lipinski definition) is 5. The van der Waals surface area contributed by atoms with E-state index >= 15 is 0 Å². The second-order valence-corrected chi connectivity index (χ2v) is 5.95. The first-order valence-corrected chi connectivity index (χ1v) is 7.55. The molecule has 0 saturated heterocycles. The molecule has 2 heterocycles. The summed E-state index contributed by atoms with van der Waals surface area (Å²) in [6.07, 6.45) is 4.42. The minimum atomic E-state index is -3.74. The highest BCUT2D eigenvalue weighted by Gasteiger charge is 2.18. The zero-order valence-corrected chi connectivity index (χ0v) is 11.9. The van der Waals surface area contributed by atoms with E-state index in [1.165, 1.54) is 17.1 Å². The maximum atomic E-state index is 12.3. The number of nitrogens with zero attached hydrogens (tertiary/aromatic N) is 4. The second kappa shape index (κ2) is 5.02. The Morgan fingerprint density at radius 3 is 2.76 bits per heavy atom. The van der Waals surface area contributed by atoms with Crippen molar-refractivity contribution >= 4 is 15.7 Å². The molecule has 0 aliphatic rings. The Labute approximate surface area is 120 Å². The standard InChI is InChI=1S/C12H12N6O2S/c1-9-13-8-12(15-9)21(19,20)16-10-4-2-3-5-11(10)18-7-6-14-17-18/h2-8,16H,1H3,(H,13,15). The van der Waals surface area contributed by atoms with Gasteiger partial charge in [-0.15, -0.1) is 5.10 Å². The number of hydrogen-bond donors (Lipinski definition) is 2. The lowest BCUT2D eigenvalue weighted by atomic mass is 10.3. The molecule has 0 atom stereocenters. The van der Waals surface area contributed by atoms with Crippen LogP contribution in [0.4, 0.5) is 5.69 Å². The third kappa shape index (κ3) is 2.63. The predicted molar refractivity (Wildman–Crippen MR) is 75.5 cm³/mol. The molecule has 2 aromatic heterocycles. The fourth-order valence-corrected chi connectivity index (χ4v) is 2.88. The first-order chi connectivity index (χ1) is 10.1. The van der Waals surface area contributed by atoms with Gasteiger partial charge < -0.3 is 4.98 Å². The van der Waals surface area contributed by atoms with Crippen LogP contribution in [0.5, 0.6) is 0 Å². The summed E-state index contributed by atoms with van der Waals surface area (Å²) in [4.78, 5) is 6.59. The first kappa shape index (κ1) is 13.3. The lowest BCUT2D eigenvalue weighted by molar-refractivity contribution is 0.598. The Morgan fingerprint density at radius 2 is 2.10 bits per heavy atom. The molecule has 8 nitrogen and oxygen atoms in total. The smallest absolute Gasteiger partial charge is 0.279 e. The van der Waals surface area contributed by atoms with Gasteiger partial charge in [-0.1, -0.05) is 17.3 Å². The van der Waals surface area contributed by atoms with E-state index in [4.69, 9.17) is 0 Å². The van der Waals surface area contributed by atoms with E-state index in [1.807, 2.05) is 0 Å². The van der Waals surface area contributed by atoms with E-state index < -0.39 is 10.0 Å². The van der Waals surface area contributed by atoms with Crippen LogP contribution in [0.2, 0.25) is 0 Å². The molecule has 0 spiro atoms. The van der Waals surface area contributed by atoms with E-state index in [9.17, 15) is 8.42 Å². The third-order valence-corrected chi connectivity index (χ3v) is 4.06. The number of rotatable bonds is 4. The number of para-hydroxylation sites is 2. The number of anilines is 1. The van der Waals surface area contributed by atoms with E-state index in [2.05, 4.69) is 25.0 Å². The minimum Gasteiger partial charge on any atom is -0.332 e. The quantitative estimate of drug-likeness (QED) is 0.751. The van der Waals surface area contributed by atoms with Crippen LogP contribution in [0.1, 0.15) is 5.82 Å². The fraction of sp³-hybridized carbons (Fsp3) is 0.0833. The second-order valence-electron chi connectivity index (χ2n) is 4.30. The van der Waals surface area contributed by atoms with Crippen molar-refractivity contribution in [2.75, 3.05) is 4.72 Å². The van der Waals surface area contributed by atoms with Crippen molar-refractivity contribution in [3.63, 3.8) is 0 Å². The molecule has 21 heavy (non-hydrogen) atoms. The van der Waals surface area contributed by atoms with Crippen molar-refractivity contribution in [1.29, 1.82) is 0 Å². The molecule has 3 aromatic rings. The molecular weight excluding hydrogens is 292 g/mol. The van der Waals surface area contributed by atoms with Gasteiger partial charge in [0.2, 0.25) is 0 Å². The van der Waals surface area contributed by atoms with Crippen LogP contribution < -0.4 is 4.72 Å². The number of aromatic amines is 1. The van der Waals surface area contributed by atoms with E-state index in [-0.39, 0.29) is 5.03 Å². The topological polar surface area (TPSA) is 106 Å². The van der Waals surface area contributed by atoms with E-state index in [0.29, 0.717) is 17.2 Å². The summed E-state index contributed by atoms with van der Waals surface area (Å²) >= 11 is 0. The van der Waals surface area contributed by atoms with Crippen LogP contribution in [0.15, 0.2) is 47.9 Å². The molecule has 9 heteroatoms. The number of aromatic nitrogens is 5. The minimum absolute atomic E-state index is 0.00777. The van der Waals surface area contributed by atoms with Crippen molar-refractivity contribution in [3.8, 4) is 5.69 Å². The lowest BCUT2D eigenvalue weighted by Crippen LogP contribution is -2.15. The van der Waals surface area contributed by atoms with Gasteiger partial charge in [-0.2, -0.15) is 8.42 Å². The Hall–Kier alpha value is -2.68. The molecule has 0 aliphatic carbocycles. The van der Waals surface area contributed by atoms with Crippen LogP contribution in [0.3, 0.4) is 0 Å². The molecule has 0 bridgehead atoms. The number of sulfonamides is 1. The van der Waals surface area contributed by atoms with Crippen LogP contribution in [-0.2, 0) is 10.0 Å². The van der Waals surface area contributed by atoms with Crippen LogP contribution in [-0.4, -0.2) is 33.4 Å². The molecule has 0 aliphatic heterocycles. The predicted octanol–water partition coefficient (Wildman–Crippen LogP) is 1.10. The summed E-state index contributed by atoms with van der Waals surface area (Å²) in [5, 5.41) is 7.59. The molecule has 108 valence electrons. The van der Waals surface area contributed by atoms with Crippen LogP contribution in [0, 0.1) is 6.92 Å². The fourth-order valence-electron chi connectivity index (χ4n) is 1.83. The molecule has 0 radical (unpaired) electrons. The molecule has 0 fully saturated rings. The molecular formula is C12H12N6O2S.